The number of carbonyl (C=O) groups is 1. The first-order chi connectivity index (χ1) is 14.4. The van der Waals surface area contributed by atoms with Gasteiger partial charge in [-0.2, -0.15) is 0 Å². The normalized spacial score (nSPS) is 11.2. The van der Waals surface area contributed by atoms with Crippen molar-refractivity contribution < 1.29 is 9.90 Å². The van der Waals surface area contributed by atoms with Gasteiger partial charge in [-0.1, -0.05) is 19.9 Å². The van der Waals surface area contributed by atoms with E-state index in [9.17, 15) is 9.90 Å². The Bertz CT molecular complexity index is 1230. The molecule has 0 saturated heterocycles. The average Bonchev–Trinajstić information content (AvgIpc) is 3.12. The van der Waals surface area contributed by atoms with Gasteiger partial charge in [0.1, 0.15) is 17.4 Å². The van der Waals surface area contributed by atoms with E-state index in [1.165, 1.54) is 11.3 Å². The summed E-state index contributed by atoms with van der Waals surface area (Å²) in [6, 6.07) is 15.1. The van der Waals surface area contributed by atoms with E-state index in [4.69, 9.17) is 0 Å². The fourth-order valence-electron chi connectivity index (χ4n) is 3.34. The topological polar surface area (TPSA) is 75.1 Å². The second kappa shape index (κ2) is 8.24. The first kappa shape index (κ1) is 20.0. The molecule has 0 atom stereocenters. The van der Waals surface area contributed by atoms with Crippen LogP contribution in [0.25, 0.3) is 21.2 Å². The number of anilines is 2. The van der Waals surface area contributed by atoms with Crippen LogP contribution in [0.5, 0.6) is 5.75 Å². The SMILES string of the molecule is Cc1nccc(Nc2ccc(O)c(-c3ccc4sc(C(=O)CC(C)C)cc4c3)c2)n1. The fraction of sp³-hybridized carbons (Fsp3) is 0.208. The Morgan fingerprint density at radius 1 is 1.13 bits per heavy atom. The zero-order valence-electron chi connectivity index (χ0n) is 17.1. The summed E-state index contributed by atoms with van der Waals surface area (Å²) < 4.78 is 1.07. The molecule has 2 aromatic carbocycles. The summed E-state index contributed by atoms with van der Waals surface area (Å²) in [5.74, 6) is 2.10. The molecular formula is C24H23N3O2S. The van der Waals surface area contributed by atoms with Crippen LogP contribution < -0.4 is 5.32 Å². The summed E-state index contributed by atoms with van der Waals surface area (Å²) in [5, 5.41) is 14.7. The van der Waals surface area contributed by atoms with Crippen LogP contribution in [0.3, 0.4) is 0 Å². The van der Waals surface area contributed by atoms with Gasteiger partial charge in [0.05, 0.1) is 4.88 Å². The van der Waals surface area contributed by atoms with E-state index < -0.39 is 0 Å². The zero-order valence-corrected chi connectivity index (χ0v) is 18.0. The highest BCUT2D eigenvalue weighted by atomic mass is 32.1. The van der Waals surface area contributed by atoms with E-state index in [-0.39, 0.29) is 11.5 Å². The number of rotatable bonds is 6. The van der Waals surface area contributed by atoms with Crippen molar-refractivity contribution in [1.82, 2.24) is 9.97 Å². The van der Waals surface area contributed by atoms with Gasteiger partial charge in [-0.15, -0.1) is 11.3 Å². The Balaban J connectivity index is 1.66. The Kier molecular flexibility index (Phi) is 5.50. The maximum atomic E-state index is 12.4. The molecular weight excluding hydrogens is 394 g/mol. The van der Waals surface area contributed by atoms with Gasteiger partial charge < -0.3 is 10.4 Å². The highest BCUT2D eigenvalue weighted by Crippen LogP contribution is 2.36. The number of carbonyl (C=O) groups excluding carboxylic acids is 1. The van der Waals surface area contributed by atoms with Crippen LogP contribution in [0.1, 0.15) is 35.8 Å². The van der Waals surface area contributed by atoms with E-state index in [0.717, 1.165) is 26.2 Å². The van der Waals surface area contributed by atoms with Crippen molar-refractivity contribution >= 4 is 38.7 Å². The van der Waals surface area contributed by atoms with Crippen LogP contribution in [0.4, 0.5) is 11.5 Å². The summed E-state index contributed by atoms with van der Waals surface area (Å²) >= 11 is 1.52. The average molecular weight is 418 g/mol. The maximum Gasteiger partial charge on any atom is 0.173 e. The van der Waals surface area contributed by atoms with Crippen LogP contribution in [0.15, 0.2) is 54.7 Å². The highest BCUT2D eigenvalue weighted by molar-refractivity contribution is 7.20. The molecule has 0 bridgehead atoms. The summed E-state index contributed by atoms with van der Waals surface area (Å²) in [4.78, 5) is 21.7. The summed E-state index contributed by atoms with van der Waals surface area (Å²) in [6.07, 6.45) is 2.26. The number of Topliss-reactive ketones (excluding diaryl/α,β-unsaturated/α-hetero) is 1. The molecule has 2 heterocycles. The quantitative estimate of drug-likeness (QED) is 0.283. The van der Waals surface area contributed by atoms with Crippen molar-refractivity contribution in [2.24, 2.45) is 5.92 Å². The largest absolute Gasteiger partial charge is 0.507 e. The Hall–Kier alpha value is -3.25. The van der Waals surface area contributed by atoms with Crippen LogP contribution >= 0.6 is 11.3 Å². The number of hydrogen-bond acceptors (Lipinski definition) is 6. The van der Waals surface area contributed by atoms with Gasteiger partial charge in [0.2, 0.25) is 0 Å². The number of aromatic hydroxyl groups is 1. The van der Waals surface area contributed by atoms with E-state index in [0.29, 0.717) is 29.5 Å². The molecule has 2 aromatic heterocycles. The zero-order chi connectivity index (χ0) is 21.3. The number of benzene rings is 2. The first-order valence-electron chi connectivity index (χ1n) is 9.86. The van der Waals surface area contributed by atoms with Gasteiger partial charge in [0, 0.05) is 28.6 Å². The van der Waals surface area contributed by atoms with Gasteiger partial charge in [-0.3, -0.25) is 4.79 Å². The first-order valence-corrected chi connectivity index (χ1v) is 10.7. The smallest absolute Gasteiger partial charge is 0.173 e. The number of aryl methyl sites for hydroxylation is 1. The van der Waals surface area contributed by atoms with Crippen LogP contribution in [0, 0.1) is 12.8 Å². The number of thiophene rings is 1. The van der Waals surface area contributed by atoms with Crippen molar-refractivity contribution in [3.05, 3.63) is 65.4 Å². The second-order valence-corrected chi connectivity index (χ2v) is 8.81. The fourth-order valence-corrected chi connectivity index (χ4v) is 4.33. The van der Waals surface area contributed by atoms with Crippen molar-refractivity contribution in [3.63, 3.8) is 0 Å². The van der Waals surface area contributed by atoms with E-state index in [2.05, 4.69) is 29.1 Å². The van der Waals surface area contributed by atoms with Gasteiger partial charge in [0.15, 0.2) is 5.78 Å². The molecule has 0 aliphatic carbocycles. The molecule has 0 spiro atoms. The minimum absolute atomic E-state index is 0.182. The maximum absolute atomic E-state index is 12.4. The lowest BCUT2D eigenvalue weighted by molar-refractivity contribution is 0.0972. The molecule has 6 heteroatoms. The molecule has 0 fully saturated rings. The van der Waals surface area contributed by atoms with Gasteiger partial charge in [-0.05, 0) is 66.3 Å². The van der Waals surface area contributed by atoms with Crippen LogP contribution in [-0.4, -0.2) is 20.9 Å². The predicted octanol–water partition coefficient (Wildman–Crippen LogP) is 6.34. The number of nitrogens with one attached hydrogen (secondary N) is 1. The van der Waals surface area contributed by atoms with Crippen molar-refractivity contribution in [2.75, 3.05) is 5.32 Å². The number of aromatic nitrogens is 2. The molecule has 0 radical (unpaired) electrons. The Labute approximate surface area is 179 Å². The van der Waals surface area contributed by atoms with Crippen LogP contribution in [0.2, 0.25) is 0 Å². The van der Waals surface area contributed by atoms with E-state index in [1.54, 1.807) is 18.3 Å². The van der Waals surface area contributed by atoms with Gasteiger partial charge in [-0.25, -0.2) is 9.97 Å². The van der Waals surface area contributed by atoms with Crippen molar-refractivity contribution in [2.45, 2.75) is 27.2 Å². The third-order valence-electron chi connectivity index (χ3n) is 4.74. The van der Waals surface area contributed by atoms with Gasteiger partial charge >= 0.3 is 0 Å². The number of hydrogen-bond donors (Lipinski definition) is 2. The predicted molar refractivity (Wildman–Crippen MR) is 123 cm³/mol. The molecule has 4 aromatic rings. The van der Waals surface area contributed by atoms with Crippen molar-refractivity contribution in [3.8, 4) is 16.9 Å². The lowest BCUT2D eigenvalue weighted by atomic mass is 10.0. The Morgan fingerprint density at radius 3 is 2.73 bits per heavy atom. The minimum atomic E-state index is 0.182. The summed E-state index contributed by atoms with van der Waals surface area (Å²) in [5.41, 5.74) is 2.43. The standard InChI is InChI=1S/C24H23N3O2S/c1-14(2)10-21(29)23-12-17-11-16(4-7-22(17)30-23)19-13-18(5-6-20(19)28)27-24-8-9-25-15(3)26-24/h4-9,11-14,28H,10H2,1-3H3,(H,25,26,27). The number of nitrogens with zero attached hydrogens (tertiary/aromatic N) is 2. The van der Waals surface area contributed by atoms with Crippen LogP contribution in [-0.2, 0) is 0 Å². The third-order valence-corrected chi connectivity index (χ3v) is 5.90. The van der Waals surface area contributed by atoms with E-state index in [1.807, 2.05) is 43.3 Å². The molecule has 4 rings (SSSR count). The second-order valence-electron chi connectivity index (χ2n) is 7.73. The Morgan fingerprint density at radius 2 is 1.97 bits per heavy atom. The molecule has 0 unspecified atom stereocenters. The molecule has 5 nitrogen and oxygen atoms in total. The molecule has 0 aliphatic rings. The third kappa shape index (κ3) is 4.33. The van der Waals surface area contributed by atoms with Crippen molar-refractivity contribution in [1.29, 1.82) is 0 Å². The lowest BCUT2D eigenvalue weighted by Gasteiger charge is -2.10. The summed E-state index contributed by atoms with van der Waals surface area (Å²) in [6.45, 7) is 5.94. The lowest BCUT2D eigenvalue weighted by Crippen LogP contribution is -2.00. The molecule has 152 valence electrons. The molecule has 0 aliphatic heterocycles. The monoisotopic (exact) mass is 417 g/mol. The van der Waals surface area contributed by atoms with E-state index >= 15 is 0 Å². The molecule has 0 amide bonds. The highest BCUT2D eigenvalue weighted by Gasteiger charge is 2.14. The molecule has 30 heavy (non-hydrogen) atoms. The summed E-state index contributed by atoms with van der Waals surface area (Å²) in [7, 11) is 0. The van der Waals surface area contributed by atoms with Gasteiger partial charge in [0.25, 0.3) is 0 Å². The number of phenolic OH excluding ortho intramolecular Hbond substituents is 1. The number of phenols is 1. The minimum Gasteiger partial charge on any atom is -0.507 e. The number of fused-ring (bicyclic) bond motifs is 1. The molecule has 0 saturated carbocycles. The number of ketones is 1. The molecule has 2 N–H and O–H groups in total.